The molecule has 0 aliphatic carbocycles. The molecule has 0 fully saturated rings. The normalized spacial score (nSPS) is 12.4. The minimum Gasteiger partial charge on any atom is -0.0648 e. The van der Waals surface area contributed by atoms with Crippen molar-refractivity contribution in [1.82, 2.24) is 0 Å². The Morgan fingerprint density at radius 1 is 0.941 bits per heavy atom. The molecule has 0 amide bonds. The Labute approximate surface area is 104 Å². The maximum Gasteiger partial charge on any atom is -0.0181 e. The molecule has 0 saturated heterocycles. The lowest BCUT2D eigenvalue weighted by Gasteiger charge is -2.10. The SMILES string of the molecule is CCC(C)c1ccc(-c2cccc(C)c2)cc1. The molecule has 0 spiro atoms. The van der Waals surface area contributed by atoms with Crippen molar-refractivity contribution < 1.29 is 0 Å². The Kier molecular flexibility index (Phi) is 3.63. The standard InChI is InChI=1S/C17H20/c1-4-14(3)15-8-10-16(11-9-15)17-7-5-6-13(2)12-17/h5-12,14H,4H2,1-3H3. The van der Waals surface area contributed by atoms with Crippen LogP contribution < -0.4 is 0 Å². The van der Waals surface area contributed by atoms with Gasteiger partial charge in [-0.25, -0.2) is 0 Å². The van der Waals surface area contributed by atoms with Crippen molar-refractivity contribution in [1.29, 1.82) is 0 Å². The second kappa shape index (κ2) is 5.18. The first-order valence-electron chi connectivity index (χ1n) is 6.37. The summed E-state index contributed by atoms with van der Waals surface area (Å²) >= 11 is 0. The Balaban J connectivity index is 2.29. The van der Waals surface area contributed by atoms with Crippen LogP contribution in [0.2, 0.25) is 0 Å². The Morgan fingerprint density at radius 2 is 1.65 bits per heavy atom. The van der Waals surface area contributed by atoms with Crippen molar-refractivity contribution in [3.8, 4) is 11.1 Å². The van der Waals surface area contributed by atoms with Crippen molar-refractivity contribution >= 4 is 0 Å². The van der Waals surface area contributed by atoms with E-state index in [1.807, 2.05) is 0 Å². The van der Waals surface area contributed by atoms with E-state index in [1.54, 1.807) is 0 Å². The lowest BCUT2D eigenvalue weighted by Crippen LogP contribution is -1.90. The highest BCUT2D eigenvalue weighted by Gasteiger charge is 2.03. The van der Waals surface area contributed by atoms with Crippen molar-refractivity contribution in [2.75, 3.05) is 0 Å². The van der Waals surface area contributed by atoms with Crippen LogP contribution in [0.5, 0.6) is 0 Å². The topological polar surface area (TPSA) is 0 Å². The summed E-state index contributed by atoms with van der Waals surface area (Å²) in [5.74, 6) is 0.654. The Bertz CT molecular complexity index is 480. The molecule has 1 atom stereocenters. The first-order chi connectivity index (χ1) is 8.20. The molecular formula is C17H20. The molecule has 2 aromatic carbocycles. The molecule has 0 nitrogen and oxygen atoms in total. The molecule has 17 heavy (non-hydrogen) atoms. The molecule has 0 heterocycles. The lowest BCUT2D eigenvalue weighted by molar-refractivity contribution is 0.734. The van der Waals surface area contributed by atoms with Gasteiger partial charge in [-0.05, 0) is 36.0 Å². The Morgan fingerprint density at radius 3 is 2.24 bits per heavy atom. The number of hydrogen-bond donors (Lipinski definition) is 0. The van der Waals surface area contributed by atoms with Gasteiger partial charge in [0.25, 0.3) is 0 Å². The van der Waals surface area contributed by atoms with Gasteiger partial charge in [-0.1, -0.05) is 67.9 Å². The van der Waals surface area contributed by atoms with Crippen molar-refractivity contribution in [2.24, 2.45) is 0 Å². The van der Waals surface area contributed by atoms with E-state index < -0.39 is 0 Å². The predicted octanol–water partition coefficient (Wildman–Crippen LogP) is 5.18. The van der Waals surface area contributed by atoms with E-state index >= 15 is 0 Å². The third-order valence-corrected chi connectivity index (χ3v) is 3.44. The summed E-state index contributed by atoms with van der Waals surface area (Å²) in [6.07, 6.45) is 1.20. The van der Waals surface area contributed by atoms with Crippen molar-refractivity contribution in [2.45, 2.75) is 33.1 Å². The van der Waals surface area contributed by atoms with Gasteiger partial charge in [0.15, 0.2) is 0 Å². The fourth-order valence-electron chi connectivity index (χ4n) is 2.06. The molecule has 0 heteroatoms. The van der Waals surface area contributed by atoms with Crippen molar-refractivity contribution in [3.05, 3.63) is 59.7 Å². The van der Waals surface area contributed by atoms with Crippen LogP contribution in [0.3, 0.4) is 0 Å². The van der Waals surface area contributed by atoms with Gasteiger partial charge in [-0.15, -0.1) is 0 Å². The number of benzene rings is 2. The van der Waals surface area contributed by atoms with Crippen LogP contribution in [-0.2, 0) is 0 Å². The molecule has 88 valence electrons. The molecule has 2 rings (SSSR count). The van der Waals surface area contributed by atoms with E-state index in [1.165, 1.54) is 28.7 Å². The maximum atomic E-state index is 2.28. The first kappa shape index (κ1) is 11.9. The summed E-state index contributed by atoms with van der Waals surface area (Å²) in [7, 11) is 0. The fraction of sp³-hybridized carbons (Fsp3) is 0.294. The minimum atomic E-state index is 0.654. The molecule has 2 aromatic rings. The van der Waals surface area contributed by atoms with Gasteiger partial charge < -0.3 is 0 Å². The van der Waals surface area contributed by atoms with Crippen LogP contribution >= 0.6 is 0 Å². The highest BCUT2D eigenvalue weighted by Crippen LogP contribution is 2.24. The molecule has 0 aromatic heterocycles. The molecule has 0 radical (unpaired) electrons. The molecular weight excluding hydrogens is 204 g/mol. The van der Waals surface area contributed by atoms with E-state index in [4.69, 9.17) is 0 Å². The zero-order valence-electron chi connectivity index (χ0n) is 10.9. The monoisotopic (exact) mass is 224 g/mol. The van der Waals surface area contributed by atoms with Gasteiger partial charge in [0.1, 0.15) is 0 Å². The second-order valence-electron chi connectivity index (χ2n) is 4.80. The van der Waals surface area contributed by atoms with E-state index in [2.05, 4.69) is 69.3 Å². The number of hydrogen-bond acceptors (Lipinski definition) is 0. The van der Waals surface area contributed by atoms with Gasteiger partial charge in [0, 0.05) is 0 Å². The van der Waals surface area contributed by atoms with Crippen LogP contribution in [0.25, 0.3) is 11.1 Å². The summed E-state index contributed by atoms with van der Waals surface area (Å²) in [5, 5.41) is 0. The van der Waals surface area contributed by atoms with Gasteiger partial charge in [0.2, 0.25) is 0 Å². The fourth-order valence-corrected chi connectivity index (χ4v) is 2.06. The minimum absolute atomic E-state index is 0.654. The van der Waals surface area contributed by atoms with Gasteiger partial charge in [-0.3, -0.25) is 0 Å². The molecule has 0 aliphatic heterocycles. The van der Waals surface area contributed by atoms with Crippen LogP contribution in [0.4, 0.5) is 0 Å². The van der Waals surface area contributed by atoms with Gasteiger partial charge in [0.05, 0.1) is 0 Å². The number of rotatable bonds is 3. The lowest BCUT2D eigenvalue weighted by atomic mass is 9.95. The first-order valence-corrected chi connectivity index (χ1v) is 6.37. The molecule has 0 aliphatic rings. The van der Waals surface area contributed by atoms with E-state index in [0.29, 0.717) is 5.92 Å². The molecule has 0 bridgehead atoms. The largest absolute Gasteiger partial charge is 0.0648 e. The second-order valence-corrected chi connectivity index (χ2v) is 4.80. The average Bonchev–Trinajstić information content (AvgIpc) is 2.38. The van der Waals surface area contributed by atoms with Crippen LogP contribution in [0, 0.1) is 6.92 Å². The van der Waals surface area contributed by atoms with Gasteiger partial charge >= 0.3 is 0 Å². The zero-order valence-corrected chi connectivity index (χ0v) is 10.9. The third-order valence-electron chi connectivity index (χ3n) is 3.44. The summed E-state index contributed by atoms with van der Waals surface area (Å²) < 4.78 is 0. The summed E-state index contributed by atoms with van der Waals surface area (Å²) in [6.45, 7) is 6.65. The summed E-state index contributed by atoms with van der Waals surface area (Å²) in [4.78, 5) is 0. The molecule has 0 N–H and O–H groups in total. The maximum absolute atomic E-state index is 2.28. The van der Waals surface area contributed by atoms with E-state index in [9.17, 15) is 0 Å². The van der Waals surface area contributed by atoms with Crippen molar-refractivity contribution in [3.63, 3.8) is 0 Å². The average molecular weight is 224 g/mol. The Hall–Kier alpha value is -1.56. The molecule has 0 saturated carbocycles. The summed E-state index contributed by atoms with van der Waals surface area (Å²) in [6, 6.07) is 17.6. The number of aryl methyl sites for hydroxylation is 1. The van der Waals surface area contributed by atoms with E-state index in [-0.39, 0.29) is 0 Å². The van der Waals surface area contributed by atoms with Crippen LogP contribution in [0.15, 0.2) is 48.5 Å². The quantitative estimate of drug-likeness (QED) is 0.674. The predicted molar refractivity (Wildman–Crippen MR) is 75.3 cm³/mol. The smallest absolute Gasteiger partial charge is 0.0181 e. The highest BCUT2D eigenvalue weighted by atomic mass is 14.1. The van der Waals surface area contributed by atoms with Gasteiger partial charge in [-0.2, -0.15) is 0 Å². The zero-order chi connectivity index (χ0) is 12.3. The molecule has 1 unspecified atom stereocenters. The van der Waals surface area contributed by atoms with E-state index in [0.717, 1.165) is 0 Å². The third kappa shape index (κ3) is 2.76. The van der Waals surface area contributed by atoms with Crippen LogP contribution in [-0.4, -0.2) is 0 Å². The van der Waals surface area contributed by atoms with Crippen LogP contribution in [0.1, 0.15) is 37.3 Å². The highest BCUT2D eigenvalue weighted by molar-refractivity contribution is 5.64. The summed E-state index contributed by atoms with van der Waals surface area (Å²) in [5.41, 5.74) is 5.36.